The maximum absolute atomic E-state index is 5.91. The Morgan fingerprint density at radius 1 is 1.50 bits per heavy atom. The van der Waals surface area contributed by atoms with Crippen LogP contribution in [0.5, 0.6) is 6.01 Å². The zero-order valence-electron chi connectivity index (χ0n) is 7.43. The molecule has 0 radical (unpaired) electrons. The van der Waals surface area contributed by atoms with E-state index in [4.69, 9.17) is 14.9 Å². The number of nitrogens with two attached hydrogens (primary N) is 1. The first kappa shape index (κ1) is 7.49. The van der Waals surface area contributed by atoms with Crippen molar-refractivity contribution in [1.82, 2.24) is 9.55 Å². The predicted octanol–water partition coefficient (Wildman–Crippen LogP) is 1.12. The van der Waals surface area contributed by atoms with Crippen LogP contribution in [0.3, 0.4) is 0 Å². The molecule has 0 atom stereocenters. The highest BCUT2D eigenvalue weighted by Gasteiger charge is 2.22. The molecule has 5 heteroatoms. The maximum Gasteiger partial charge on any atom is 0.298 e. The Hall–Kier alpha value is -1.91. The molecule has 3 rings (SSSR count). The molecule has 0 saturated heterocycles. The Morgan fingerprint density at radius 3 is 3.14 bits per heavy atom. The van der Waals surface area contributed by atoms with Gasteiger partial charge in [-0.2, -0.15) is 4.98 Å². The van der Waals surface area contributed by atoms with Crippen LogP contribution in [-0.2, 0) is 6.54 Å². The molecular formula is C9H9N3O2. The summed E-state index contributed by atoms with van der Waals surface area (Å²) >= 11 is 0. The Bertz CT molecular complexity index is 459. The molecule has 5 nitrogen and oxygen atoms in total. The van der Waals surface area contributed by atoms with Gasteiger partial charge < -0.3 is 14.9 Å². The number of fused-ring (bicyclic) bond motifs is 1. The molecule has 2 aromatic heterocycles. The molecule has 1 aliphatic heterocycles. The predicted molar refractivity (Wildman–Crippen MR) is 49.8 cm³/mol. The third-order valence-electron chi connectivity index (χ3n) is 2.27. The van der Waals surface area contributed by atoms with Crippen LogP contribution in [-0.4, -0.2) is 16.2 Å². The molecule has 0 aromatic carbocycles. The minimum Gasteiger partial charge on any atom is -0.463 e. The zero-order chi connectivity index (χ0) is 9.54. The van der Waals surface area contributed by atoms with Crippen molar-refractivity contribution in [3.63, 3.8) is 0 Å². The van der Waals surface area contributed by atoms with Gasteiger partial charge in [0.05, 0.1) is 12.8 Å². The van der Waals surface area contributed by atoms with E-state index in [1.54, 1.807) is 12.3 Å². The minimum atomic E-state index is 0.578. The van der Waals surface area contributed by atoms with Gasteiger partial charge in [0, 0.05) is 0 Å². The van der Waals surface area contributed by atoms with Crippen molar-refractivity contribution in [3.05, 3.63) is 18.4 Å². The van der Waals surface area contributed by atoms with Crippen LogP contribution < -0.4 is 10.5 Å². The van der Waals surface area contributed by atoms with Crippen molar-refractivity contribution in [3.8, 4) is 17.5 Å². The summed E-state index contributed by atoms with van der Waals surface area (Å²) in [5.74, 6) is 1.28. The summed E-state index contributed by atoms with van der Waals surface area (Å²) in [6.45, 7) is 1.40. The second kappa shape index (κ2) is 2.54. The van der Waals surface area contributed by atoms with Gasteiger partial charge in [-0.25, -0.2) is 0 Å². The van der Waals surface area contributed by atoms with Crippen molar-refractivity contribution >= 4 is 5.82 Å². The molecule has 2 N–H and O–H groups in total. The number of ether oxygens (including phenoxy) is 1. The number of imidazole rings is 1. The summed E-state index contributed by atoms with van der Waals surface area (Å²) in [6.07, 6.45) is 1.60. The lowest BCUT2D eigenvalue weighted by molar-refractivity contribution is 0.345. The maximum atomic E-state index is 5.91. The summed E-state index contributed by atoms with van der Waals surface area (Å²) in [7, 11) is 0. The van der Waals surface area contributed by atoms with E-state index in [0.717, 1.165) is 6.54 Å². The Kier molecular flexibility index (Phi) is 1.36. The van der Waals surface area contributed by atoms with Gasteiger partial charge in [-0.1, -0.05) is 0 Å². The SMILES string of the molecule is Nc1c(-c2ccco2)nc2n1CCO2. The molecule has 1 aliphatic rings. The number of nitrogens with zero attached hydrogens (tertiary/aromatic N) is 2. The van der Waals surface area contributed by atoms with Crippen LogP contribution in [0.15, 0.2) is 22.8 Å². The molecule has 72 valence electrons. The number of nitrogen functional groups attached to an aromatic ring is 1. The van der Waals surface area contributed by atoms with Gasteiger partial charge in [0.2, 0.25) is 0 Å². The normalized spacial score (nSPS) is 14.0. The number of rotatable bonds is 1. The van der Waals surface area contributed by atoms with Crippen molar-refractivity contribution in [2.45, 2.75) is 6.54 Å². The fourth-order valence-electron chi connectivity index (χ4n) is 1.59. The molecule has 0 saturated carbocycles. The van der Waals surface area contributed by atoms with E-state index >= 15 is 0 Å². The van der Waals surface area contributed by atoms with E-state index in [-0.39, 0.29) is 0 Å². The minimum absolute atomic E-state index is 0.578. The molecule has 0 unspecified atom stereocenters. The third kappa shape index (κ3) is 0.863. The highest BCUT2D eigenvalue weighted by molar-refractivity contribution is 5.67. The molecule has 0 amide bonds. The average Bonchev–Trinajstić information content (AvgIpc) is 2.84. The van der Waals surface area contributed by atoms with E-state index < -0.39 is 0 Å². The fourth-order valence-corrected chi connectivity index (χ4v) is 1.59. The van der Waals surface area contributed by atoms with Gasteiger partial charge >= 0.3 is 0 Å². The van der Waals surface area contributed by atoms with Crippen LogP contribution >= 0.6 is 0 Å². The number of aromatic nitrogens is 2. The van der Waals surface area contributed by atoms with Gasteiger partial charge in [0.25, 0.3) is 6.01 Å². The van der Waals surface area contributed by atoms with Crippen LogP contribution in [0, 0.1) is 0 Å². The summed E-state index contributed by atoms with van der Waals surface area (Å²) in [5.41, 5.74) is 6.56. The zero-order valence-corrected chi connectivity index (χ0v) is 7.43. The second-order valence-electron chi connectivity index (χ2n) is 3.11. The van der Waals surface area contributed by atoms with Gasteiger partial charge in [0.1, 0.15) is 12.4 Å². The summed E-state index contributed by atoms with van der Waals surface area (Å²) in [4.78, 5) is 4.25. The fraction of sp³-hybridized carbons (Fsp3) is 0.222. The number of furan rings is 1. The molecule has 0 bridgehead atoms. The van der Waals surface area contributed by atoms with Crippen molar-refractivity contribution in [2.75, 3.05) is 12.3 Å². The Labute approximate surface area is 80.1 Å². The molecule has 0 fully saturated rings. The Balaban J connectivity index is 2.17. The summed E-state index contributed by atoms with van der Waals surface area (Å²) < 4.78 is 12.4. The van der Waals surface area contributed by atoms with Crippen LogP contribution in [0.1, 0.15) is 0 Å². The molecule has 14 heavy (non-hydrogen) atoms. The third-order valence-corrected chi connectivity index (χ3v) is 2.27. The molecule has 2 aromatic rings. The topological polar surface area (TPSA) is 66.2 Å². The highest BCUT2D eigenvalue weighted by atomic mass is 16.5. The summed E-state index contributed by atoms with van der Waals surface area (Å²) in [6, 6.07) is 4.21. The lowest BCUT2D eigenvalue weighted by Crippen LogP contribution is -2.00. The molecule has 0 spiro atoms. The van der Waals surface area contributed by atoms with Crippen LogP contribution in [0.4, 0.5) is 5.82 Å². The van der Waals surface area contributed by atoms with E-state index in [0.29, 0.717) is 29.9 Å². The molecule has 0 aliphatic carbocycles. The largest absolute Gasteiger partial charge is 0.463 e. The summed E-state index contributed by atoms with van der Waals surface area (Å²) in [5, 5.41) is 0. The number of anilines is 1. The smallest absolute Gasteiger partial charge is 0.298 e. The second-order valence-corrected chi connectivity index (χ2v) is 3.11. The van der Waals surface area contributed by atoms with Gasteiger partial charge in [-0.05, 0) is 12.1 Å². The van der Waals surface area contributed by atoms with Gasteiger partial charge in [0.15, 0.2) is 11.5 Å². The first-order chi connectivity index (χ1) is 6.86. The van der Waals surface area contributed by atoms with Gasteiger partial charge in [-0.3, -0.25) is 4.57 Å². The number of hydrogen-bond donors (Lipinski definition) is 1. The molecule has 3 heterocycles. The lowest BCUT2D eigenvalue weighted by Gasteiger charge is -1.96. The lowest BCUT2D eigenvalue weighted by atomic mass is 10.3. The average molecular weight is 191 g/mol. The highest BCUT2D eigenvalue weighted by Crippen LogP contribution is 2.31. The van der Waals surface area contributed by atoms with Crippen molar-refractivity contribution in [2.24, 2.45) is 0 Å². The molecular weight excluding hydrogens is 182 g/mol. The number of hydrogen-bond acceptors (Lipinski definition) is 4. The van der Waals surface area contributed by atoms with Gasteiger partial charge in [-0.15, -0.1) is 0 Å². The standard InChI is InChI=1S/C9H9N3O2/c10-8-7(6-2-1-4-13-6)11-9-12(8)3-5-14-9/h1-2,4H,3,5,10H2. The van der Waals surface area contributed by atoms with Crippen molar-refractivity contribution < 1.29 is 9.15 Å². The van der Waals surface area contributed by atoms with E-state index in [9.17, 15) is 0 Å². The first-order valence-electron chi connectivity index (χ1n) is 4.39. The van der Waals surface area contributed by atoms with E-state index in [2.05, 4.69) is 4.98 Å². The monoisotopic (exact) mass is 191 g/mol. The quantitative estimate of drug-likeness (QED) is 0.733. The van der Waals surface area contributed by atoms with Crippen molar-refractivity contribution in [1.29, 1.82) is 0 Å². The van der Waals surface area contributed by atoms with E-state index in [1.165, 1.54) is 0 Å². The van der Waals surface area contributed by atoms with E-state index in [1.807, 2.05) is 10.6 Å². The first-order valence-corrected chi connectivity index (χ1v) is 4.39. The Morgan fingerprint density at radius 2 is 2.43 bits per heavy atom. The van der Waals surface area contributed by atoms with Crippen LogP contribution in [0.25, 0.3) is 11.5 Å². The van der Waals surface area contributed by atoms with Crippen LogP contribution in [0.2, 0.25) is 0 Å².